The van der Waals surface area contributed by atoms with Crippen molar-refractivity contribution in [1.82, 2.24) is 10.2 Å². The molecule has 5 N–H and O–H groups in total. The Morgan fingerprint density at radius 2 is 1.51 bits per heavy atom. The highest BCUT2D eigenvalue weighted by atomic mass is 79.9. The summed E-state index contributed by atoms with van der Waals surface area (Å²) >= 11 is 7.16. The second kappa shape index (κ2) is 11.4. The van der Waals surface area contributed by atoms with Gasteiger partial charge in [0.2, 0.25) is 0 Å². The minimum absolute atomic E-state index is 0.490. The zero-order valence-electron chi connectivity index (χ0n) is 20.9. The van der Waals surface area contributed by atoms with Crippen LogP contribution in [0.15, 0.2) is 45.3 Å². The first kappa shape index (κ1) is 28.0. The fraction of sp³-hybridized carbons (Fsp3) is 0.357. The molecular formula is C28H31Br2F3N4. The van der Waals surface area contributed by atoms with Crippen molar-refractivity contribution in [3.63, 3.8) is 0 Å². The number of rotatable bonds is 2. The third kappa shape index (κ3) is 6.33. The predicted octanol–water partition coefficient (Wildman–Crippen LogP) is 6.90. The topological polar surface area (TPSA) is 67.3 Å². The maximum atomic E-state index is 12.8. The number of benzene rings is 3. The number of anilines is 2. The van der Waals surface area contributed by atoms with E-state index in [2.05, 4.69) is 55.1 Å². The van der Waals surface area contributed by atoms with E-state index in [1.807, 2.05) is 13.0 Å². The monoisotopic (exact) mass is 638 g/mol. The fourth-order valence-electron chi connectivity index (χ4n) is 4.97. The minimum Gasteiger partial charge on any atom is -0.398 e. The lowest BCUT2D eigenvalue weighted by Crippen LogP contribution is -2.31. The second-order valence-corrected chi connectivity index (χ2v) is 11.4. The largest absolute Gasteiger partial charge is 0.416 e. The highest BCUT2D eigenvalue weighted by molar-refractivity contribution is 9.10. The van der Waals surface area contributed by atoms with Crippen LogP contribution in [0.25, 0.3) is 0 Å². The molecule has 3 aromatic carbocycles. The van der Waals surface area contributed by atoms with Gasteiger partial charge in [-0.3, -0.25) is 4.90 Å². The highest BCUT2D eigenvalue weighted by Gasteiger charge is 2.30. The van der Waals surface area contributed by atoms with Gasteiger partial charge >= 0.3 is 6.18 Å². The van der Waals surface area contributed by atoms with Crippen molar-refractivity contribution < 1.29 is 13.2 Å². The van der Waals surface area contributed by atoms with Gasteiger partial charge in [0.1, 0.15) is 0 Å². The zero-order valence-corrected chi connectivity index (χ0v) is 24.1. The number of alkyl halides is 3. The number of halogens is 5. The van der Waals surface area contributed by atoms with Crippen molar-refractivity contribution in [2.75, 3.05) is 24.6 Å². The summed E-state index contributed by atoms with van der Waals surface area (Å²) in [4.78, 5) is 2.15. The summed E-state index contributed by atoms with van der Waals surface area (Å²) in [5, 5.41) is 3.34. The molecule has 5 rings (SSSR count). The lowest BCUT2D eigenvalue weighted by atomic mass is 9.95. The van der Waals surface area contributed by atoms with E-state index < -0.39 is 11.7 Å². The van der Waals surface area contributed by atoms with E-state index in [-0.39, 0.29) is 0 Å². The van der Waals surface area contributed by atoms with E-state index in [0.29, 0.717) is 18.7 Å². The Hall–Kier alpha value is -2.07. The SMILES string of the molecule is Cc1cc(Br)c2c(c1N)CCN(Cc1cccc(C(F)(F)F)c1)C2.Cc1cc(Br)c2c(c1N)CCNC2. The molecule has 0 bridgehead atoms. The van der Waals surface area contributed by atoms with Gasteiger partial charge in [-0.15, -0.1) is 0 Å². The normalized spacial score (nSPS) is 15.4. The van der Waals surface area contributed by atoms with Crippen LogP contribution in [-0.2, 0) is 38.7 Å². The predicted molar refractivity (Wildman–Crippen MR) is 151 cm³/mol. The van der Waals surface area contributed by atoms with E-state index in [9.17, 15) is 13.2 Å². The van der Waals surface area contributed by atoms with Gasteiger partial charge < -0.3 is 16.8 Å². The lowest BCUT2D eigenvalue weighted by molar-refractivity contribution is -0.137. The second-order valence-electron chi connectivity index (χ2n) is 9.68. The van der Waals surface area contributed by atoms with Crippen LogP contribution in [-0.4, -0.2) is 18.0 Å². The molecule has 0 saturated heterocycles. The van der Waals surface area contributed by atoms with Gasteiger partial charge in [-0.05, 0) is 90.4 Å². The smallest absolute Gasteiger partial charge is 0.398 e. The van der Waals surface area contributed by atoms with Crippen LogP contribution in [0, 0.1) is 13.8 Å². The Bertz CT molecular complexity index is 1310. The summed E-state index contributed by atoms with van der Waals surface area (Å²) in [5.74, 6) is 0. The molecule has 0 unspecified atom stereocenters. The number of nitrogens with zero attached hydrogens (tertiary/aromatic N) is 1. The van der Waals surface area contributed by atoms with Crippen LogP contribution in [0.2, 0.25) is 0 Å². The highest BCUT2D eigenvalue weighted by Crippen LogP contribution is 2.35. The Kier molecular flexibility index (Phi) is 8.58. The molecule has 0 atom stereocenters. The summed E-state index contributed by atoms with van der Waals surface area (Å²) in [6, 6.07) is 9.64. The minimum atomic E-state index is -4.31. The molecule has 2 aliphatic rings. The average Bonchev–Trinajstić information content (AvgIpc) is 2.86. The standard InChI is InChI=1S/C18H18BrF3N2.C10H13BrN2/c1-11-7-16(19)15-10-24(6-5-14(15)17(11)23)9-12-3-2-4-13(8-12)18(20,21)22;1-6-4-9(11)8-5-13-3-2-7(8)10(6)12/h2-4,7-8H,5-6,9-10,23H2,1H3;4,13H,2-3,5,12H2,1H3. The number of hydrogen-bond acceptors (Lipinski definition) is 4. The number of nitrogen functional groups attached to an aromatic ring is 2. The maximum Gasteiger partial charge on any atom is 0.416 e. The number of aryl methyl sites for hydroxylation is 2. The summed E-state index contributed by atoms with van der Waals surface area (Å²) < 4.78 is 40.7. The molecule has 0 saturated carbocycles. The molecule has 2 heterocycles. The van der Waals surface area contributed by atoms with Crippen LogP contribution in [0.3, 0.4) is 0 Å². The fourth-order valence-corrected chi connectivity index (χ4v) is 6.40. The van der Waals surface area contributed by atoms with Gasteiger partial charge in [-0.1, -0.05) is 50.1 Å². The summed E-state index contributed by atoms with van der Waals surface area (Å²) in [5.41, 5.74) is 21.2. The summed E-state index contributed by atoms with van der Waals surface area (Å²) in [6.07, 6.45) is -2.46. The first-order valence-electron chi connectivity index (χ1n) is 12.2. The molecule has 0 aromatic heterocycles. The molecule has 4 nitrogen and oxygen atoms in total. The Morgan fingerprint density at radius 3 is 2.16 bits per heavy atom. The van der Waals surface area contributed by atoms with Crippen LogP contribution in [0.5, 0.6) is 0 Å². The van der Waals surface area contributed by atoms with Crippen LogP contribution in [0.1, 0.15) is 44.5 Å². The van der Waals surface area contributed by atoms with Crippen molar-refractivity contribution in [3.8, 4) is 0 Å². The quantitative estimate of drug-likeness (QED) is 0.267. The third-order valence-corrected chi connectivity index (χ3v) is 8.48. The molecule has 0 aliphatic carbocycles. The van der Waals surface area contributed by atoms with Gasteiger partial charge in [-0.25, -0.2) is 0 Å². The van der Waals surface area contributed by atoms with Gasteiger partial charge in [0.25, 0.3) is 0 Å². The molecule has 198 valence electrons. The van der Waals surface area contributed by atoms with Crippen molar-refractivity contribution in [3.05, 3.63) is 89.9 Å². The van der Waals surface area contributed by atoms with Crippen LogP contribution < -0.4 is 16.8 Å². The van der Waals surface area contributed by atoms with Crippen molar-refractivity contribution in [2.45, 2.75) is 52.5 Å². The first-order chi connectivity index (χ1) is 17.5. The van der Waals surface area contributed by atoms with E-state index in [0.717, 1.165) is 71.1 Å². The lowest BCUT2D eigenvalue weighted by Gasteiger charge is -2.31. The average molecular weight is 640 g/mol. The third-order valence-electron chi connectivity index (χ3n) is 7.07. The van der Waals surface area contributed by atoms with Crippen LogP contribution >= 0.6 is 31.9 Å². The van der Waals surface area contributed by atoms with Gasteiger partial charge in [-0.2, -0.15) is 13.2 Å². The van der Waals surface area contributed by atoms with E-state index in [4.69, 9.17) is 11.5 Å². The van der Waals surface area contributed by atoms with Gasteiger partial charge in [0, 0.05) is 46.5 Å². The first-order valence-corrected chi connectivity index (χ1v) is 13.8. The zero-order chi connectivity index (χ0) is 26.9. The molecule has 0 fully saturated rings. The molecule has 0 spiro atoms. The summed E-state index contributed by atoms with van der Waals surface area (Å²) in [6.45, 7) is 7.95. The summed E-state index contributed by atoms with van der Waals surface area (Å²) in [7, 11) is 0. The number of hydrogen-bond donors (Lipinski definition) is 3. The molecule has 0 amide bonds. The van der Waals surface area contributed by atoms with Crippen molar-refractivity contribution in [2.24, 2.45) is 0 Å². The Morgan fingerprint density at radius 1 is 0.892 bits per heavy atom. The molecule has 2 aliphatic heterocycles. The number of fused-ring (bicyclic) bond motifs is 2. The molecule has 3 aromatic rings. The maximum absolute atomic E-state index is 12.8. The Labute approximate surface area is 232 Å². The number of nitrogens with one attached hydrogen (secondary N) is 1. The van der Waals surface area contributed by atoms with Crippen molar-refractivity contribution >= 4 is 43.2 Å². The van der Waals surface area contributed by atoms with E-state index in [1.165, 1.54) is 33.3 Å². The molecule has 37 heavy (non-hydrogen) atoms. The molecule has 0 radical (unpaired) electrons. The van der Waals surface area contributed by atoms with Crippen molar-refractivity contribution in [1.29, 1.82) is 0 Å². The van der Waals surface area contributed by atoms with E-state index in [1.54, 1.807) is 6.07 Å². The molecular weight excluding hydrogens is 609 g/mol. The molecule has 9 heteroatoms. The number of nitrogens with two attached hydrogens (primary N) is 2. The Balaban J connectivity index is 0.000000207. The van der Waals surface area contributed by atoms with E-state index >= 15 is 0 Å². The van der Waals surface area contributed by atoms with Crippen LogP contribution in [0.4, 0.5) is 24.5 Å². The van der Waals surface area contributed by atoms with Gasteiger partial charge in [0.15, 0.2) is 0 Å². The van der Waals surface area contributed by atoms with Gasteiger partial charge in [0.05, 0.1) is 5.56 Å².